The summed E-state index contributed by atoms with van der Waals surface area (Å²) < 4.78 is 0. The van der Waals surface area contributed by atoms with Crippen molar-refractivity contribution in [3.63, 3.8) is 0 Å². The van der Waals surface area contributed by atoms with E-state index in [1.807, 2.05) is 6.08 Å². The van der Waals surface area contributed by atoms with E-state index < -0.39 is 12.1 Å². The molecule has 0 aromatic rings. The van der Waals surface area contributed by atoms with Crippen LogP contribution in [0.5, 0.6) is 0 Å². The van der Waals surface area contributed by atoms with Crippen LogP contribution in [0.4, 0.5) is 0 Å². The Morgan fingerprint density at radius 2 is 0.698 bits per heavy atom. The summed E-state index contributed by atoms with van der Waals surface area (Å²) in [6, 6.07) is -0.616. The van der Waals surface area contributed by atoms with Crippen LogP contribution < -0.4 is 5.32 Å². The second-order valence-electron chi connectivity index (χ2n) is 16.9. The Bertz CT molecular complexity index is 725. The van der Waals surface area contributed by atoms with E-state index in [0.717, 1.165) is 25.7 Å². The van der Waals surface area contributed by atoms with E-state index in [1.54, 1.807) is 6.08 Å². The lowest BCUT2D eigenvalue weighted by Crippen LogP contribution is -2.45. The van der Waals surface area contributed by atoms with E-state index in [-0.39, 0.29) is 12.5 Å². The molecule has 0 aliphatic heterocycles. The molecule has 4 nitrogen and oxygen atoms in total. The summed E-state index contributed by atoms with van der Waals surface area (Å²) >= 11 is 0. The first-order valence-electron chi connectivity index (χ1n) is 24.4. The number of hydrogen-bond acceptors (Lipinski definition) is 3. The van der Waals surface area contributed by atoms with Gasteiger partial charge in [-0.15, -0.1) is 0 Å². The van der Waals surface area contributed by atoms with Gasteiger partial charge in [-0.2, -0.15) is 0 Å². The highest BCUT2D eigenvalue weighted by molar-refractivity contribution is 5.76. The zero-order valence-corrected chi connectivity index (χ0v) is 36.3. The van der Waals surface area contributed by atoms with Crippen LogP contribution in [0.15, 0.2) is 12.2 Å². The molecule has 1 amide bonds. The standard InChI is InChI=1S/C49H97NO3/c1-3-5-7-9-11-13-15-17-19-20-21-22-23-24-25-26-27-28-29-30-31-33-35-37-39-41-43-45-49(53)50-47(46-51)48(52)44-42-40-38-36-34-32-18-16-14-12-10-8-6-4-2/h42,44,47-48,51-52H,3-41,43,45-46H2,1-2H3,(H,50,53)/b44-42+/t47-,48+/m0/s1. The van der Waals surface area contributed by atoms with Gasteiger partial charge in [-0.25, -0.2) is 0 Å². The Hall–Kier alpha value is -0.870. The second-order valence-corrected chi connectivity index (χ2v) is 16.9. The third-order valence-corrected chi connectivity index (χ3v) is 11.5. The summed E-state index contributed by atoms with van der Waals surface area (Å²) in [4.78, 5) is 12.4. The van der Waals surface area contributed by atoms with Crippen molar-refractivity contribution in [1.29, 1.82) is 0 Å². The Morgan fingerprint density at radius 1 is 0.434 bits per heavy atom. The number of allylic oxidation sites excluding steroid dienone is 1. The van der Waals surface area contributed by atoms with Gasteiger partial charge in [0, 0.05) is 6.42 Å². The minimum atomic E-state index is -0.833. The molecule has 53 heavy (non-hydrogen) atoms. The molecule has 0 aromatic carbocycles. The first-order valence-corrected chi connectivity index (χ1v) is 24.4. The van der Waals surface area contributed by atoms with Crippen molar-refractivity contribution in [3.05, 3.63) is 12.2 Å². The largest absolute Gasteiger partial charge is 0.394 e. The van der Waals surface area contributed by atoms with Gasteiger partial charge in [-0.05, 0) is 19.3 Å². The summed E-state index contributed by atoms with van der Waals surface area (Å²) in [6.45, 7) is 4.33. The van der Waals surface area contributed by atoms with Gasteiger partial charge in [0.25, 0.3) is 0 Å². The average Bonchev–Trinajstić information content (AvgIpc) is 3.16. The fourth-order valence-electron chi connectivity index (χ4n) is 7.77. The number of nitrogens with one attached hydrogen (secondary N) is 1. The van der Waals surface area contributed by atoms with Crippen LogP contribution in [-0.4, -0.2) is 34.9 Å². The van der Waals surface area contributed by atoms with Crippen molar-refractivity contribution in [2.75, 3.05) is 6.61 Å². The second kappa shape index (κ2) is 45.5. The molecule has 0 aliphatic rings. The number of hydrogen-bond donors (Lipinski definition) is 3. The zero-order chi connectivity index (χ0) is 38.6. The quantitative estimate of drug-likeness (QED) is 0.0429. The lowest BCUT2D eigenvalue weighted by atomic mass is 10.0. The normalized spacial score (nSPS) is 12.9. The Kier molecular flexibility index (Phi) is 44.8. The molecule has 0 saturated heterocycles. The highest BCUT2D eigenvalue weighted by Gasteiger charge is 2.18. The SMILES string of the molecule is CCCCCCCCCCCCCC/C=C/[C@@H](O)[C@H](CO)NC(=O)CCCCCCCCCCCCCCCCCCCCCCCCCCCCC. The fraction of sp³-hybridized carbons (Fsp3) is 0.939. The predicted molar refractivity (Wildman–Crippen MR) is 235 cm³/mol. The lowest BCUT2D eigenvalue weighted by molar-refractivity contribution is -0.123. The maximum atomic E-state index is 12.4. The lowest BCUT2D eigenvalue weighted by Gasteiger charge is -2.20. The molecule has 0 rings (SSSR count). The van der Waals surface area contributed by atoms with Gasteiger partial charge in [-0.3, -0.25) is 4.79 Å². The summed E-state index contributed by atoms with van der Waals surface area (Å²) in [5.74, 6) is -0.0583. The molecule has 0 bridgehead atoms. The molecule has 4 heteroatoms. The third kappa shape index (κ3) is 42.1. The van der Waals surface area contributed by atoms with Crippen molar-refractivity contribution in [2.45, 2.75) is 289 Å². The highest BCUT2D eigenvalue weighted by atomic mass is 16.3. The van der Waals surface area contributed by atoms with Crippen molar-refractivity contribution in [3.8, 4) is 0 Å². The minimum absolute atomic E-state index is 0.0583. The summed E-state index contributed by atoms with van der Waals surface area (Å²) in [6.07, 6.45) is 57.7. The molecule has 2 atom stereocenters. The van der Waals surface area contributed by atoms with Gasteiger partial charge < -0.3 is 15.5 Å². The van der Waals surface area contributed by atoms with Crippen LogP contribution in [0.25, 0.3) is 0 Å². The molecule has 0 unspecified atom stereocenters. The molecule has 0 radical (unpaired) electrons. The van der Waals surface area contributed by atoms with Crippen LogP contribution in [0.3, 0.4) is 0 Å². The first-order chi connectivity index (χ1) is 26.2. The van der Waals surface area contributed by atoms with Gasteiger partial charge in [0.05, 0.1) is 18.8 Å². The zero-order valence-electron chi connectivity index (χ0n) is 36.3. The first kappa shape index (κ1) is 52.1. The van der Waals surface area contributed by atoms with Crippen molar-refractivity contribution >= 4 is 5.91 Å². The van der Waals surface area contributed by atoms with Gasteiger partial charge in [0.1, 0.15) is 0 Å². The topological polar surface area (TPSA) is 69.6 Å². The van der Waals surface area contributed by atoms with Crippen LogP contribution in [-0.2, 0) is 4.79 Å². The molecule has 0 aromatic heterocycles. The average molecular weight is 748 g/mol. The number of carbonyl (C=O) groups is 1. The predicted octanol–water partition coefficient (Wildman–Crippen LogP) is 15.4. The van der Waals surface area contributed by atoms with Crippen LogP contribution in [0, 0.1) is 0 Å². The molecule has 0 saturated carbocycles. The maximum absolute atomic E-state index is 12.4. The smallest absolute Gasteiger partial charge is 0.220 e. The highest BCUT2D eigenvalue weighted by Crippen LogP contribution is 2.17. The van der Waals surface area contributed by atoms with Crippen molar-refractivity contribution in [1.82, 2.24) is 5.32 Å². The molecule has 0 spiro atoms. The molecule has 0 fully saturated rings. The van der Waals surface area contributed by atoms with Crippen LogP contribution >= 0.6 is 0 Å². The Morgan fingerprint density at radius 3 is 0.981 bits per heavy atom. The van der Waals surface area contributed by atoms with E-state index in [2.05, 4.69) is 19.2 Å². The van der Waals surface area contributed by atoms with Crippen LogP contribution in [0.1, 0.15) is 277 Å². The Balaban J connectivity index is 3.44. The molecule has 0 aliphatic carbocycles. The van der Waals surface area contributed by atoms with Crippen molar-refractivity contribution in [2.24, 2.45) is 0 Å². The number of aliphatic hydroxyl groups is 2. The molecule has 3 N–H and O–H groups in total. The van der Waals surface area contributed by atoms with Gasteiger partial charge in [-0.1, -0.05) is 264 Å². The van der Waals surface area contributed by atoms with Gasteiger partial charge in [0.2, 0.25) is 5.91 Å². The number of amides is 1. The fourth-order valence-corrected chi connectivity index (χ4v) is 7.77. The summed E-state index contributed by atoms with van der Waals surface area (Å²) in [5, 5.41) is 23.0. The maximum Gasteiger partial charge on any atom is 0.220 e. The van der Waals surface area contributed by atoms with Gasteiger partial charge >= 0.3 is 0 Å². The van der Waals surface area contributed by atoms with E-state index in [0.29, 0.717) is 6.42 Å². The molecule has 316 valence electrons. The molecule has 0 heterocycles. The summed E-state index contributed by atoms with van der Waals surface area (Å²) in [7, 11) is 0. The molecular weight excluding hydrogens is 651 g/mol. The third-order valence-electron chi connectivity index (χ3n) is 11.5. The monoisotopic (exact) mass is 748 g/mol. The number of unbranched alkanes of at least 4 members (excludes halogenated alkanes) is 38. The van der Waals surface area contributed by atoms with Gasteiger partial charge in [0.15, 0.2) is 0 Å². The van der Waals surface area contributed by atoms with Crippen molar-refractivity contribution < 1.29 is 15.0 Å². The van der Waals surface area contributed by atoms with E-state index in [9.17, 15) is 15.0 Å². The Labute approximate surface area is 333 Å². The summed E-state index contributed by atoms with van der Waals surface area (Å²) in [5.41, 5.74) is 0. The minimum Gasteiger partial charge on any atom is -0.394 e. The van der Waals surface area contributed by atoms with E-state index in [4.69, 9.17) is 0 Å². The van der Waals surface area contributed by atoms with Crippen LogP contribution in [0.2, 0.25) is 0 Å². The number of aliphatic hydroxyl groups excluding tert-OH is 2. The number of carbonyl (C=O) groups excluding carboxylic acids is 1. The number of rotatable bonds is 45. The van der Waals surface area contributed by atoms with E-state index in [1.165, 1.54) is 231 Å². The molecular formula is C49H97NO3. The van der Waals surface area contributed by atoms with E-state index >= 15 is 0 Å².